The molecule has 2 fully saturated rings. The van der Waals surface area contributed by atoms with Gasteiger partial charge in [-0.15, -0.1) is 16.4 Å². The second-order valence-electron chi connectivity index (χ2n) is 9.31. The summed E-state index contributed by atoms with van der Waals surface area (Å²) in [7, 11) is -1.25. The Labute approximate surface area is 212 Å². The Balaban J connectivity index is 1.34. The van der Waals surface area contributed by atoms with E-state index in [-0.39, 0.29) is 17.9 Å². The zero-order chi connectivity index (χ0) is 25.2. The van der Waals surface area contributed by atoms with E-state index in [0.717, 1.165) is 52.2 Å². The van der Waals surface area contributed by atoms with Gasteiger partial charge in [-0.3, -0.25) is 0 Å². The number of rotatable bonds is 6. The molecule has 9 nitrogen and oxygen atoms in total. The first-order chi connectivity index (χ1) is 17.2. The van der Waals surface area contributed by atoms with E-state index < -0.39 is 10.0 Å². The Hall–Kier alpha value is -3.09. The molecule has 2 atom stereocenters. The molecule has 3 aromatic heterocycles. The Morgan fingerprint density at radius 2 is 1.89 bits per heavy atom. The second-order valence-corrected chi connectivity index (χ2v) is 12.1. The van der Waals surface area contributed by atoms with E-state index in [1.54, 1.807) is 16.4 Å². The van der Waals surface area contributed by atoms with Gasteiger partial charge in [-0.1, -0.05) is 6.92 Å². The molecule has 0 spiro atoms. The van der Waals surface area contributed by atoms with Crippen molar-refractivity contribution in [2.75, 3.05) is 36.2 Å². The first kappa shape index (κ1) is 23.3. The molecule has 2 saturated heterocycles. The van der Waals surface area contributed by atoms with Gasteiger partial charge in [0.05, 0.1) is 17.6 Å². The van der Waals surface area contributed by atoms with Crippen LogP contribution in [0.25, 0.3) is 16.9 Å². The number of thiazole rings is 1. The molecule has 0 radical (unpaired) electrons. The molecule has 1 aromatic carbocycles. The lowest BCUT2D eigenvalue weighted by Gasteiger charge is -2.33. The third kappa shape index (κ3) is 3.84. The van der Waals surface area contributed by atoms with Crippen molar-refractivity contribution in [1.82, 2.24) is 23.9 Å². The summed E-state index contributed by atoms with van der Waals surface area (Å²) in [4.78, 5) is 13.8. The van der Waals surface area contributed by atoms with E-state index in [1.807, 2.05) is 34.0 Å². The number of hydrogen-bond acceptors (Lipinski definition) is 8. The van der Waals surface area contributed by atoms with E-state index in [4.69, 9.17) is 15.1 Å². The molecule has 6 rings (SSSR count). The monoisotopic (exact) mass is 527 g/mol. The fraction of sp³-hybridized carbons (Fsp3) is 0.375. The summed E-state index contributed by atoms with van der Waals surface area (Å²) in [6, 6.07) is 10.3. The highest BCUT2D eigenvalue weighted by molar-refractivity contribution is 7.88. The topological polar surface area (TPSA) is 86.9 Å². The summed E-state index contributed by atoms with van der Waals surface area (Å²) in [5.41, 5.74) is 3.29. The summed E-state index contributed by atoms with van der Waals surface area (Å²) in [5.74, 6) is 1.38. The number of aromatic nitrogens is 4. The lowest BCUT2D eigenvalue weighted by atomic mass is 10.2. The van der Waals surface area contributed by atoms with Crippen molar-refractivity contribution < 1.29 is 12.8 Å². The van der Waals surface area contributed by atoms with E-state index in [0.29, 0.717) is 13.1 Å². The van der Waals surface area contributed by atoms with Crippen LogP contribution < -0.4 is 9.80 Å². The van der Waals surface area contributed by atoms with Gasteiger partial charge in [-0.2, -0.15) is 8.82 Å². The van der Waals surface area contributed by atoms with Crippen LogP contribution in [0.1, 0.15) is 19.0 Å². The SMILES string of the molecule is CCc1nc2ccc(N3CC4CC3CN4S(C)(=O)=O)nn2c1N(C)c1nc(-c2ccc(F)cc2)cs1. The lowest BCUT2D eigenvalue weighted by molar-refractivity contribution is 0.370. The summed E-state index contributed by atoms with van der Waals surface area (Å²) in [6.07, 6.45) is 2.82. The van der Waals surface area contributed by atoms with Gasteiger partial charge in [0, 0.05) is 43.2 Å². The molecule has 0 saturated carbocycles. The van der Waals surface area contributed by atoms with Crippen molar-refractivity contribution in [2.45, 2.75) is 31.8 Å². The molecule has 5 heterocycles. The standard InChI is InChI=1S/C24H26FN7O2S2/c1-4-19-23(29(2)24-27-20(14-35-24)15-5-7-16(25)8-6-15)32-21(26-19)9-10-22(28-32)30-12-18-11-17(30)13-31(18)36(3,33)34/h5-10,14,17-18H,4,11-13H2,1-3H3. The zero-order valence-corrected chi connectivity index (χ0v) is 21.8. The number of aryl methyl sites for hydroxylation is 1. The van der Waals surface area contributed by atoms with Gasteiger partial charge >= 0.3 is 0 Å². The molecule has 4 aromatic rings. The number of imidazole rings is 1. The number of anilines is 3. The number of benzene rings is 1. The molecule has 2 aliphatic heterocycles. The van der Waals surface area contributed by atoms with Crippen molar-refractivity contribution in [3.8, 4) is 11.3 Å². The van der Waals surface area contributed by atoms with E-state index >= 15 is 0 Å². The average Bonchev–Trinajstić information content (AvgIpc) is 3.65. The van der Waals surface area contributed by atoms with Crippen LogP contribution in [0.2, 0.25) is 0 Å². The van der Waals surface area contributed by atoms with Crippen LogP contribution in [0.5, 0.6) is 0 Å². The fourth-order valence-electron chi connectivity index (χ4n) is 5.26. The minimum Gasteiger partial charge on any atom is -0.349 e. The van der Waals surface area contributed by atoms with E-state index in [2.05, 4.69) is 11.8 Å². The largest absolute Gasteiger partial charge is 0.349 e. The lowest BCUT2D eigenvalue weighted by Crippen LogP contribution is -2.48. The molecule has 36 heavy (non-hydrogen) atoms. The van der Waals surface area contributed by atoms with Gasteiger partial charge in [0.15, 0.2) is 16.6 Å². The summed E-state index contributed by atoms with van der Waals surface area (Å²) in [6.45, 7) is 3.18. The van der Waals surface area contributed by atoms with Crippen LogP contribution in [-0.4, -0.2) is 70.8 Å². The maximum atomic E-state index is 13.3. The maximum Gasteiger partial charge on any atom is 0.211 e. The highest BCUT2D eigenvalue weighted by atomic mass is 32.2. The third-order valence-electron chi connectivity index (χ3n) is 6.99. The molecule has 0 amide bonds. The van der Waals surface area contributed by atoms with Crippen LogP contribution in [0, 0.1) is 5.82 Å². The first-order valence-corrected chi connectivity index (χ1v) is 14.5. The first-order valence-electron chi connectivity index (χ1n) is 11.8. The van der Waals surface area contributed by atoms with Gasteiger partial charge < -0.3 is 9.80 Å². The zero-order valence-electron chi connectivity index (χ0n) is 20.2. The Kier molecular flexibility index (Phi) is 5.50. The van der Waals surface area contributed by atoms with Gasteiger partial charge in [0.2, 0.25) is 10.0 Å². The quantitative estimate of drug-likeness (QED) is 0.379. The van der Waals surface area contributed by atoms with Gasteiger partial charge in [-0.05, 0) is 49.2 Å². The smallest absolute Gasteiger partial charge is 0.211 e. The number of halogens is 1. The minimum atomic E-state index is -3.20. The Bertz CT molecular complexity index is 1550. The van der Waals surface area contributed by atoms with Crippen LogP contribution >= 0.6 is 11.3 Å². The predicted molar refractivity (Wildman–Crippen MR) is 139 cm³/mol. The van der Waals surface area contributed by atoms with Gasteiger partial charge in [-0.25, -0.2) is 22.8 Å². The van der Waals surface area contributed by atoms with Crippen molar-refractivity contribution >= 4 is 43.8 Å². The molecular formula is C24H26FN7O2S2. The number of fused-ring (bicyclic) bond motifs is 3. The van der Waals surface area contributed by atoms with Crippen molar-refractivity contribution in [3.63, 3.8) is 0 Å². The molecule has 2 unspecified atom stereocenters. The number of sulfonamides is 1. The van der Waals surface area contributed by atoms with Gasteiger partial charge in [0.1, 0.15) is 11.6 Å². The Morgan fingerprint density at radius 1 is 1.11 bits per heavy atom. The van der Waals surface area contributed by atoms with E-state index in [1.165, 1.54) is 29.7 Å². The highest BCUT2D eigenvalue weighted by Crippen LogP contribution is 2.37. The molecule has 2 bridgehead atoms. The highest BCUT2D eigenvalue weighted by Gasteiger charge is 2.47. The van der Waals surface area contributed by atoms with E-state index in [9.17, 15) is 12.8 Å². The van der Waals surface area contributed by atoms with Crippen LogP contribution in [-0.2, 0) is 16.4 Å². The number of piperazine rings is 1. The molecule has 188 valence electrons. The van der Waals surface area contributed by atoms with Crippen molar-refractivity contribution in [3.05, 3.63) is 53.3 Å². The second kappa shape index (κ2) is 8.49. The normalized spacial score (nSPS) is 20.1. The summed E-state index contributed by atoms with van der Waals surface area (Å²) < 4.78 is 41.0. The summed E-state index contributed by atoms with van der Waals surface area (Å²) in [5, 5.41) is 7.70. The maximum absolute atomic E-state index is 13.3. The number of nitrogens with zero attached hydrogens (tertiary/aromatic N) is 7. The molecule has 2 aliphatic rings. The molecular weight excluding hydrogens is 501 g/mol. The van der Waals surface area contributed by atoms with Crippen molar-refractivity contribution in [2.24, 2.45) is 0 Å². The van der Waals surface area contributed by atoms with Gasteiger partial charge in [0.25, 0.3) is 0 Å². The predicted octanol–water partition coefficient (Wildman–Crippen LogP) is 3.54. The van der Waals surface area contributed by atoms with Crippen LogP contribution in [0.15, 0.2) is 41.8 Å². The summed E-state index contributed by atoms with van der Waals surface area (Å²) >= 11 is 1.50. The van der Waals surface area contributed by atoms with Crippen molar-refractivity contribution in [1.29, 1.82) is 0 Å². The molecule has 12 heteroatoms. The molecule has 0 N–H and O–H groups in total. The number of hydrogen-bond donors (Lipinski definition) is 0. The van der Waals surface area contributed by atoms with Crippen LogP contribution in [0.3, 0.4) is 0 Å². The third-order valence-corrected chi connectivity index (χ3v) is 9.21. The van der Waals surface area contributed by atoms with Crippen LogP contribution in [0.4, 0.5) is 21.2 Å². The fourth-order valence-corrected chi connectivity index (χ4v) is 7.20. The minimum absolute atomic E-state index is 0.0150. The molecule has 0 aliphatic carbocycles. The average molecular weight is 528 g/mol. The Morgan fingerprint density at radius 3 is 2.56 bits per heavy atom.